The second-order valence-electron chi connectivity index (χ2n) is 4.57. The van der Waals surface area contributed by atoms with Crippen LogP contribution in [-0.2, 0) is 6.54 Å². The van der Waals surface area contributed by atoms with Crippen LogP contribution in [0.25, 0.3) is 0 Å². The second kappa shape index (κ2) is 7.04. The fraction of sp³-hybridized carbons (Fsp3) is 0.400. The smallest absolute Gasteiger partial charge is 0.132 e. The number of benzene rings is 1. The van der Waals surface area contributed by atoms with Crippen LogP contribution >= 0.6 is 15.9 Å². The van der Waals surface area contributed by atoms with Crippen molar-refractivity contribution in [2.24, 2.45) is 0 Å². The number of nitrogens with one attached hydrogen (secondary N) is 1. The van der Waals surface area contributed by atoms with Gasteiger partial charge in [0, 0.05) is 18.2 Å². The van der Waals surface area contributed by atoms with Gasteiger partial charge in [-0.15, -0.1) is 0 Å². The molecule has 0 fully saturated rings. The minimum absolute atomic E-state index is 0.266. The zero-order valence-corrected chi connectivity index (χ0v) is 13.9. The van der Waals surface area contributed by atoms with Crippen LogP contribution in [0.1, 0.15) is 31.1 Å². The molecule has 21 heavy (non-hydrogen) atoms. The van der Waals surface area contributed by atoms with Gasteiger partial charge in [-0.2, -0.15) is 5.10 Å². The largest absolute Gasteiger partial charge is 0.497 e. The number of aryl methyl sites for hydroxylation is 1. The van der Waals surface area contributed by atoms with E-state index >= 15 is 0 Å². The third-order valence-corrected chi connectivity index (χ3v) is 3.94. The van der Waals surface area contributed by atoms with Gasteiger partial charge >= 0.3 is 0 Å². The van der Waals surface area contributed by atoms with Crippen molar-refractivity contribution in [3.63, 3.8) is 0 Å². The van der Waals surface area contributed by atoms with Crippen molar-refractivity contribution in [2.45, 2.75) is 26.4 Å². The summed E-state index contributed by atoms with van der Waals surface area (Å²) < 4.78 is 22.2. The molecule has 114 valence electrons. The minimum Gasteiger partial charge on any atom is -0.497 e. The van der Waals surface area contributed by atoms with Crippen molar-refractivity contribution >= 4 is 15.9 Å². The summed E-state index contributed by atoms with van der Waals surface area (Å²) >= 11 is 3.51. The average molecular weight is 356 g/mol. The minimum atomic E-state index is -0.295. The molecule has 0 spiro atoms. The Morgan fingerprint density at radius 1 is 1.43 bits per heavy atom. The van der Waals surface area contributed by atoms with Gasteiger partial charge in [-0.25, -0.2) is 4.39 Å². The highest BCUT2D eigenvalue weighted by Crippen LogP contribution is 2.31. The third-order valence-electron chi connectivity index (χ3n) is 3.33. The van der Waals surface area contributed by atoms with Gasteiger partial charge in [0.15, 0.2) is 0 Å². The van der Waals surface area contributed by atoms with Crippen LogP contribution < -0.4 is 10.1 Å². The standard InChI is InChI=1S/C15H19BrFN3O/c1-4-18-14(15-12(16)9-19-20(15)5-2)11-7-6-10(21-3)8-13(11)17/h6-9,14,18H,4-5H2,1-3H3. The number of rotatable bonds is 6. The monoisotopic (exact) mass is 355 g/mol. The first-order valence-corrected chi connectivity index (χ1v) is 7.69. The molecule has 1 atom stereocenters. The van der Waals surface area contributed by atoms with E-state index < -0.39 is 0 Å². The van der Waals surface area contributed by atoms with Gasteiger partial charge in [0.1, 0.15) is 11.6 Å². The average Bonchev–Trinajstić information content (AvgIpc) is 2.86. The van der Waals surface area contributed by atoms with Crippen molar-refractivity contribution in [1.82, 2.24) is 15.1 Å². The highest BCUT2D eigenvalue weighted by atomic mass is 79.9. The van der Waals surface area contributed by atoms with Crippen LogP contribution in [0.2, 0.25) is 0 Å². The molecule has 0 bridgehead atoms. The summed E-state index contributed by atoms with van der Waals surface area (Å²) in [5.74, 6) is 0.214. The lowest BCUT2D eigenvalue weighted by molar-refractivity contribution is 0.409. The van der Waals surface area contributed by atoms with E-state index in [0.717, 1.165) is 23.3 Å². The SMILES string of the molecule is CCNC(c1ccc(OC)cc1F)c1c(Br)cnn1CC. The molecule has 6 heteroatoms. The lowest BCUT2D eigenvalue weighted by Crippen LogP contribution is -2.26. The summed E-state index contributed by atoms with van der Waals surface area (Å²) in [6.07, 6.45) is 1.74. The lowest BCUT2D eigenvalue weighted by Gasteiger charge is -2.21. The summed E-state index contributed by atoms with van der Waals surface area (Å²) in [7, 11) is 1.53. The zero-order valence-electron chi connectivity index (χ0n) is 12.4. The van der Waals surface area contributed by atoms with E-state index in [0.29, 0.717) is 11.3 Å². The Bertz CT molecular complexity index is 615. The Morgan fingerprint density at radius 3 is 2.76 bits per heavy atom. The molecule has 0 amide bonds. The Kier molecular flexibility index (Phi) is 5.36. The molecule has 0 aliphatic carbocycles. The Balaban J connectivity index is 2.50. The molecule has 0 saturated carbocycles. The van der Waals surface area contributed by atoms with Gasteiger partial charge in [-0.05, 0) is 35.5 Å². The fourth-order valence-corrected chi connectivity index (χ4v) is 2.86. The maximum absolute atomic E-state index is 14.4. The first-order chi connectivity index (χ1) is 10.1. The lowest BCUT2D eigenvalue weighted by atomic mass is 10.0. The molecule has 4 nitrogen and oxygen atoms in total. The highest BCUT2D eigenvalue weighted by Gasteiger charge is 2.23. The maximum Gasteiger partial charge on any atom is 0.132 e. The van der Waals surface area contributed by atoms with E-state index in [4.69, 9.17) is 4.74 Å². The molecule has 1 N–H and O–H groups in total. The van der Waals surface area contributed by atoms with E-state index in [2.05, 4.69) is 26.3 Å². The van der Waals surface area contributed by atoms with Crippen LogP contribution in [0.5, 0.6) is 5.75 Å². The molecule has 0 aliphatic heterocycles. The topological polar surface area (TPSA) is 39.1 Å². The van der Waals surface area contributed by atoms with Crippen molar-refractivity contribution in [2.75, 3.05) is 13.7 Å². The predicted octanol–water partition coefficient (Wildman–Crippen LogP) is 3.51. The summed E-state index contributed by atoms with van der Waals surface area (Å²) in [5.41, 5.74) is 1.50. The number of halogens is 2. The molecule has 1 aromatic carbocycles. The molecule has 2 rings (SSSR count). The van der Waals surface area contributed by atoms with Gasteiger partial charge in [0.25, 0.3) is 0 Å². The summed E-state index contributed by atoms with van der Waals surface area (Å²) in [4.78, 5) is 0. The molecule has 1 unspecified atom stereocenters. The number of methoxy groups -OCH3 is 1. The molecular weight excluding hydrogens is 337 g/mol. The molecule has 0 aliphatic rings. The molecule has 1 heterocycles. The van der Waals surface area contributed by atoms with E-state index in [1.165, 1.54) is 13.2 Å². The predicted molar refractivity (Wildman–Crippen MR) is 84.1 cm³/mol. The van der Waals surface area contributed by atoms with Crippen LogP contribution in [0.3, 0.4) is 0 Å². The second-order valence-corrected chi connectivity index (χ2v) is 5.43. The van der Waals surface area contributed by atoms with Crippen molar-refractivity contribution in [1.29, 1.82) is 0 Å². The zero-order chi connectivity index (χ0) is 15.4. The Hall–Kier alpha value is -1.40. The van der Waals surface area contributed by atoms with Gasteiger partial charge < -0.3 is 10.1 Å². The summed E-state index contributed by atoms with van der Waals surface area (Å²) in [6.45, 7) is 5.45. The molecular formula is C15H19BrFN3O. The quantitative estimate of drug-likeness (QED) is 0.861. The van der Waals surface area contributed by atoms with Crippen molar-refractivity contribution in [3.8, 4) is 5.75 Å². The highest BCUT2D eigenvalue weighted by molar-refractivity contribution is 9.10. The number of hydrogen-bond donors (Lipinski definition) is 1. The molecule has 1 aromatic heterocycles. The Morgan fingerprint density at radius 2 is 2.19 bits per heavy atom. The van der Waals surface area contributed by atoms with Gasteiger partial charge in [-0.3, -0.25) is 4.68 Å². The van der Waals surface area contributed by atoms with E-state index in [-0.39, 0.29) is 11.9 Å². The number of nitrogens with zero attached hydrogens (tertiary/aromatic N) is 2. The summed E-state index contributed by atoms with van der Waals surface area (Å²) in [5, 5.41) is 7.63. The normalized spacial score (nSPS) is 12.4. The van der Waals surface area contributed by atoms with Crippen LogP contribution in [0.4, 0.5) is 4.39 Å². The van der Waals surface area contributed by atoms with E-state index in [1.807, 2.05) is 18.5 Å². The fourth-order valence-electron chi connectivity index (χ4n) is 2.34. The van der Waals surface area contributed by atoms with Crippen molar-refractivity contribution < 1.29 is 9.13 Å². The molecule has 0 saturated heterocycles. The van der Waals surface area contributed by atoms with Crippen LogP contribution in [0, 0.1) is 5.82 Å². The molecule has 0 radical (unpaired) electrons. The van der Waals surface area contributed by atoms with Crippen LogP contribution in [-0.4, -0.2) is 23.4 Å². The summed E-state index contributed by atoms with van der Waals surface area (Å²) in [6, 6.07) is 4.66. The number of aromatic nitrogens is 2. The van der Waals surface area contributed by atoms with Gasteiger partial charge in [-0.1, -0.05) is 13.0 Å². The molecule has 2 aromatic rings. The Labute approximate surface area is 132 Å². The van der Waals surface area contributed by atoms with Gasteiger partial charge in [0.05, 0.1) is 29.5 Å². The first-order valence-electron chi connectivity index (χ1n) is 6.90. The van der Waals surface area contributed by atoms with Crippen LogP contribution in [0.15, 0.2) is 28.9 Å². The number of hydrogen-bond acceptors (Lipinski definition) is 3. The van der Waals surface area contributed by atoms with Crippen molar-refractivity contribution in [3.05, 3.63) is 45.9 Å². The number of ether oxygens (including phenoxy) is 1. The van der Waals surface area contributed by atoms with Gasteiger partial charge in [0.2, 0.25) is 0 Å². The maximum atomic E-state index is 14.4. The van der Waals surface area contributed by atoms with E-state index in [9.17, 15) is 4.39 Å². The van der Waals surface area contributed by atoms with E-state index in [1.54, 1.807) is 18.3 Å². The third kappa shape index (κ3) is 3.27. The first kappa shape index (κ1) is 16.0.